The number of nitrogens with zero attached hydrogens (tertiary/aromatic N) is 1. The van der Waals surface area contributed by atoms with Gasteiger partial charge in [-0.1, -0.05) is 12.1 Å². The molecule has 0 aromatic heterocycles. The Morgan fingerprint density at radius 2 is 1.80 bits per heavy atom. The van der Waals surface area contributed by atoms with Gasteiger partial charge in [-0.3, -0.25) is 0 Å². The number of hydrogen-bond donors (Lipinski definition) is 0. The first-order valence-electron chi connectivity index (χ1n) is 11.0. The molecule has 1 unspecified atom stereocenters. The number of amides is 1. The second-order valence-electron chi connectivity index (χ2n) is 10.6. The summed E-state index contributed by atoms with van der Waals surface area (Å²) in [5.74, 6) is 0. The van der Waals surface area contributed by atoms with Crippen molar-refractivity contribution < 1.29 is 23.6 Å². The highest BCUT2D eigenvalue weighted by atomic mass is 16.7. The Hall–Kier alpha value is -1.57. The number of ether oxygens (including phenoxy) is 2. The van der Waals surface area contributed by atoms with Crippen LogP contribution >= 0.6 is 0 Å². The lowest BCUT2D eigenvalue weighted by molar-refractivity contribution is -0.00440. The molecule has 0 N–H and O–H groups in total. The summed E-state index contributed by atoms with van der Waals surface area (Å²) in [4.78, 5) is 14.5. The first kappa shape index (κ1) is 21.7. The van der Waals surface area contributed by atoms with E-state index >= 15 is 0 Å². The molecule has 0 radical (unpaired) electrons. The number of carbonyl (C=O) groups is 1. The lowest BCUT2D eigenvalue weighted by Crippen LogP contribution is -2.41. The van der Waals surface area contributed by atoms with Crippen molar-refractivity contribution in [3.05, 3.63) is 28.8 Å². The van der Waals surface area contributed by atoms with Crippen molar-refractivity contribution in [2.45, 2.75) is 84.2 Å². The molecule has 0 saturated carbocycles. The van der Waals surface area contributed by atoms with Gasteiger partial charge in [0, 0.05) is 6.54 Å². The molecule has 3 aliphatic heterocycles. The molecular weight excluding hydrogens is 381 g/mol. The summed E-state index contributed by atoms with van der Waals surface area (Å²) in [6.45, 7) is 15.7. The maximum Gasteiger partial charge on any atom is 0.495 e. The second kappa shape index (κ2) is 7.25. The Morgan fingerprint density at radius 3 is 2.43 bits per heavy atom. The molecule has 1 aromatic carbocycles. The van der Waals surface area contributed by atoms with Gasteiger partial charge in [-0.05, 0) is 83.5 Å². The van der Waals surface area contributed by atoms with Gasteiger partial charge < -0.3 is 23.7 Å². The van der Waals surface area contributed by atoms with Crippen LogP contribution in [0, 0.1) is 0 Å². The minimum absolute atomic E-state index is 0.152. The quantitative estimate of drug-likeness (QED) is 0.659. The molecule has 3 heterocycles. The average molecular weight is 415 g/mol. The van der Waals surface area contributed by atoms with Gasteiger partial charge in [0.1, 0.15) is 11.7 Å². The monoisotopic (exact) mass is 415 g/mol. The molecule has 1 atom stereocenters. The minimum Gasteiger partial charge on any atom is -0.444 e. The van der Waals surface area contributed by atoms with E-state index in [0.717, 1.165) is 18.3 Å². The van der Waals surface area contributed by atoms with E-state index in [1.165, 1.54) is 16.7 Å². The Bertz CT molecular complexity index is 829. The van der Waals surface area contributed by atoms with Gasteiger partial charge in [0.15, 0.2) is 0 Å². The van der Waals surface area contributed by atoms with Crippen LogP contribution in [0.2, 0.25) is 0 Å². The molecule has 0 aliphatic carbocycles. The SMILES string of the molecule is CC(C)(C)OC(=O)N1CCc2ccc(B3OC(C)(C)C(C)(C)O3)c3c2C(C1)OCC3. The van der Waals surface area contributed by atoms with Crippen LogP contribution in [0.4, 0.5) is 4.79 Å². The van der Waals surface area contributed by atoms with Crippen LogP contribution in [0.1, 0.15) is 71.3 Å². The first-order valence-corrected chi connectivity index (χ1v) is 11.0. The molecule has 0 spiro atoms. The van der Waals surface area contributed by atoms with Gasteiger partial charge in [-0.15, -0.1) is 0 Å². The lowest BCUT2D eigenvalue weighted by atomic mass is 9.71. The summed E-state index contributed by atoms with van der Waals surface area (Å²) in [7, 11) is -0.390. The van der Waals surface area contributed by atoms with Crippen LogP contribution in [-0.4, -0.2) is 54.6 Å². The van der Waals surface area contributed by atoms with E-state index < -0.39 is 5.60 Å². The summed E-state index contributed by atoms with van der Waals surface area (Å²) < 4.78 is 24.4. The van der Waals surface area contributed by atoms with Crippen LogP contribution < -0.4 is 5.46 Å². The molecule has 1 fully saturated rings. The third-order valence-electron chi connectivity index (χ3n) is 6.67. The van der Waals surface area contributed by atoms with Crippen LogP contribution in [0.5, 0.6) is 0 Å². The minimum atomic E-state index is -0.515. The van der Waals surface area contributed by atoms with E-state index in [-0.39, 0.29) is 30.5 Å². The summed E-state index contributed by atoms with van der Waals surface area (Å²) in [6, 6.07) is 4.29. The van der Waals surface area contributed by atoms with Gasteiger partial charge in [0.05, 0.1) is 24.4 Å². The van der Waals surface area contributed by atoms with Crippen molar-refractivity contribution in [1.82, 2.24) is 4.90 Å². The third kappa shape index (κ3) is 3.87. The van der Waals surface area contributed by atoms with Crippen LogP contribution in [0.25, 0.3) is 0 Å². The van der Waals surface area contributed by atoms with Crippen molar-refractivity contribution >= 4 is 18.7 Å². The van der Waals surface area contributed by atoms with Gasteiger partial charge in [-0.2, -0.15) is 0 Å². The first-order chi connectivity index (χ1) is 13.9. The molecule has 164 valence electrons. The highest BCUT2D eigenvalue weighted by Crippen LogP contribution is 2.39. The fourth-order valence-electron chi connectivity index (χ4n) is 4.39. The smallest absolute Gasteiger partial charge is 0.444 e. The summed E-state index contributed by atoms with van der Waals surface area (Å²) >= 11 is 0. The normalized spacial score (nSPS) is 25.0. The molecule has 1 saturated heterocycles. The Labute approximate surface area is 180 Å². The molecule has 6 nitrogen and oxygen atoms in total. The van der Waals surface area contributed by atoms with E-state index in [2.05, 4.69) is 39.8 Å². The van der Waals surface area contributed by atoms with Crippen LogP contribution in [0.3, 0.4) is 0 Å². The molecule has 7 heteroatoms. The van der Waals surface area contributed by atoms with E-state index in [1.807, 2.05) is 20.8 Å². The summed E-state index contributed by atoms with van der Waals surface area (Å²) in [6.07, 6.45) is 1.18. The summed E-state index contributed by atoms with van der Waals surface area (Å²) in [5.41, 5.74) is 3.52. The van der Waals surface area contributed by atoms with Crippen molar-refractivity contribution in [1.29, 1.82) is 0 Å². The highest BCUT2D eigenvalue weighted by molar-refractivity contribution is 6.62. The van der Waals surface area contributed by atoms with Gasteiger partial charge in [-0.25, -0.2) is 4.79 Å². The van der Waals surface area contributed by atoms with Gasteiger partial charge in [0.25, 0.3) is 0 Å². The van der Waals surface area contributed by atoms with Crippen molar-refractivity contribution in [2.24, 2.45) is 0 Å². The lowest BCUT2D eigenvalue weighted by Gasteiger charge is -2.32. The molecule has 3 aliphatic rings. The highest BCUT2D eigenvalue weighted by Gasteiger charge is 2.52. The number of benzene rings is 1. The maximum absolute atomic E-state index is 12.7. The van der Waals surface area contributed by atoms with Crippen molar-refractivity contribution in [2.75, 3.05) is 19.7 Å². The number of hydrogen-bond acceptors (Lipinski definition) is 5. The van der Waals surface area contributed by atoms with Crippen LogP contribution in [0.15, 0.2) is 12.1 Å². The zero-order chi connectivity index (χ0) is 21.9. The largest absolute Gasteiger partial charge is 0.495 e. The topological polar surface area (TPSA) is 57.2 Å². The molecule has 1 amide bonds. The zero-order valence-electron chi connectivity index (χ0n) is 19.3. The standard InChI is InChI=1S/C23H34BNO5/c1-21(2,3)28-20(26)25-12-10-15-8-9-17(16-11-13-27-18(14-25)19(15)16)24-29-22(4,5)23(6,7)30-24/h8-9,18H,10-14H2,1-7H3. The number of rotatable bonds is 1. The third-order valence-corrected chi connectivity index (χ3v) is 6.67. The predicted molar refractivity (Wildman–Crippen MR) is 116 cm³/mol. The predicted octanol–water partition coefficient (Wildman–Crippen LogP) is 3.39. The van der Waals surface area contributed by atoms with E-state index in [4.69, 9.17) is 18.8 Å². The second-order valence-corrected chi connectivity index (χ2v) is 10.6. The van der Waals surface area contributed by atoms with Gasteiger partial charge in [0.2, 0.25) is 0 Å². The maximum atomic E-state index is 12.7. The van der Waals surface area contributed by atoms with Gasteiger partial charge >= 0.3 is 13.2 Å². The van der Waals surface area contributed by atoms with E-state index in [9.17, 15) is 4.79 Å². The summed E-state index contributed by atoms with van der Waals surface area (Å²) in [5, 5.41) is 0. The van der Waals surface area contributed by atoms with Crippen molar-refractivity contribution in [3.8, 4) is 0 Å². The van der Waals surface area contributed by atoms with Crippen molar-refractivity contribution in [3.63, 3.8) is 0 Å². The number of carbonyl (C=O) groups excluding carboxylic acids is 1. The molecule has 0 bridgehead atoms. The Balaban J connectivity index is 1.64. The molecule has 1 aromatic rings. The van der Waals surface area contributed by atoms with Crippen LogP contribution in [-0.2, 0) is 31.6 Å². The Kier molecular flexibility index (Phi) is 5.23. The molecule has 4 rings (SSSR count). The van der Waals surface area contributed by atoms with E-state index in [1.54, 1.807) is 4.90 Å². The Morgan fingerprint density at radius 1 is 1.13 bits per heavy atom. The fraction of sp³-hybridized carbons (Fsp3) is 0.696. The zero-order valence-corrected chi connectivity index (χ0v) is 19.3. The fourth-order valence-corrected chi connectivity index (χ4v) is 4.39. The molecule has 30 heavy (non-hydrogen) atoms. The van der Waals surface area contributed by atoms with E-state index in [0.29, 0.717) is 19.7 Å². The molecular formula is C23H34BNO5. The average Bonchev–Trinajstić information content (AvgIpc) is 2.76.